The first-order valence-electron chi connectivity index (χ1n) is 8.49. The van der Waals surface area contributed by atoms with Gasteiger partial charge in [-0.2, -0.15) is 4.98 Å². The molecule has 7 nitrogen and oxygen atoms in total. The van der Waals surface area contributed by atoms with Crippen LogP contribution in [0.4, 0.5) is 0 Å². The smallest absolute Gasteiger partial charge is 0.291 e. The van der Waals surface area contributed by atoms with E-state index in [0.717, 1.165) is 25.1 Å². The van der Waals surface area contributed by atoms with Gasteiger partial charge in [0.15, 0.2) is 11.7 Å². The highest BCUT2D eigenvalue weighted by molar-refractivity contribution is 5.92. The van der Waals surface area contributed by atoms with E-state index in [1.807, 2.05) is 0 Å². The minimum atomic E-state index is -0.111. The van der Waals surface area contributed by atoms with Crippen LogP contribution in [-0.4, -0.2) is 39.0 Å². The van der Waals surface area contributed by atoms with E-state index in [9.17, 15) is 4.79 Å². The number of aromatic nitrogens is 3. The van der Waals surface area contributed by atoms with Gasteiger partial charge >= 0.3 is 0 Å². The second-order valence-electron chi connectivity index (χ2n) is 6.88. The second-order valence-corrected chi connectivity index (χ2v) is 6.88. The zero-order valence-corrected chi connectivity index (χ0v) is 14.7. The molecule has 0 bridgehead atoms. The molecule has 130 valence electrons. The average Bonchev–Trinajstić information content (AvgIpc) is 3.12. The van der Waals surface area contributed by atoms with E-state index < -0.39 is 0 Å². The van der Waals surface area contributed by atoms with Gasteiger partial charge in [0.2, 0.25) is 11.7 Å². The molecule has 24 heavy (non-hydrogen) atoms. The number of carbonyl (C=O) groups is 1. The molecular weight excluding hydrogens is 308 g/mol. The van der Waals surface area contributed by atoms with E-state index in [1.165, 1.54) is 0 Å². The summed E-state index contributed by atoms with van der Waals surface area (Å²) in [6, 6.07) is 0. The molecule has 1 atom stereocenters. The van der Waals surface area contributed by atoms with Gasteiger partial charge in [-0.25, -0.2) is 4.98 Å². The van der Waals surface area contributed by atoms with Crippen LogP contribution in [0, 0.1) is 19.8 Å². The number of hydrogen-bond donors (Lipinski definition) is 0. The quantitative estimate of drug-likeness (QED) is 0.856. The molecule has 0 aliphatic carbocycles. The topological polar surface area (TPSA) is 85.3 Å². The van der Waals surface area contributed by atoms with Gasteiger partial charge < -0.3 is 13.8 Å². The molecule has 2 aromatic rings. The van der Waals surface area contributed by atoms with Crippen LogP contribution in [0.1, 0.15) is 66.5 Å². The third kappa shape index (κ3) is 3.49. The molecule has 1 aliphatic rings. The summed E-state index contributed by atoms with van der Waals surface area (Å²) in [6.45, 7) is 9.07. The van der Waals surface area contributed by atoms with E-state index in [0.29, 0.717) is 42.2 Å². The summed E-state index contributed by atoms with van der Waals surface area (Å²) in [4.78, 5) is 23.2. The predicted octanol–water partition coefficient (Wildman–Crippen LogP) is 2.89. The van der Waals surface area contributed by atoms with Crippen LogP contribution in [0.25, 0.3) is 0 Å². The highest BCUT2D eigenvalue weighted by atomic mass is 16.5. The standard InChI is InChI=1S/C17H24N4O3/c1-10(2)8-14-19-16(24-20-14)13-6-5-7-21(9-13)17(22)15-11(3)18-12(4)23-15/h10,13H,5-9H2,1-4H3. The van der Waals surface area contributed by atoms with Crippen LogP contribution in [0.15, 0.2) is 8.94 Å². The number of piperidine rings is 1. The van der Waals surface area contributed by atoms with Crippen molar-refractivity contribution < 1.29 is 13.7 Å². The van der Waals surface area contributed by atoms with Gasteiger partial charge in [0, 0.05) is 26.4 Å². The van der Waals surface area contributed by atoms with Crippen molar-refractivity contribution in [2.24, 2.45) is 5.92 Å². The number of aryl methyl sites for hydroxylation is 2. The molecule has 3 heterocycles. The fraction of sp³-hybridized carbons (Fsp3) is 0.647. The van der Waals surface area contributed by atoms with Crippen molar-refractivity contribution in [2.75, 3.05) is 13.1 Å². The van der Waals surface area contributed by atoms with Crippen molar-refractivity contribution in [1.29, 1.82) is 0 Å². The molecule has 2 aromatic heterocycles. The summed E-state index contributed by atoms with van der Waals surface area (Å²) in [7, 11) is 0. The Labute approximate surface area is 141 Å². The Morgan fingerprint density at radius 1 is 1.33 bits per heavy atom. The molecule has 0 spiro atoms. The molecule has 0 N–H and O–H groups in total. The zero-order chi connectivity index (χ0) is 17.3. The number of likely N-dealkylation sites (tertiary alicyclic amines) is 1. The number of carbonyl (C=O) groups excluding carboxylic acids is 1. The first-order valence-corrected chi connectivity index (χ1v) is 8.49. The fourth-order valence-electron chi connectivity index (χ4n) is 3.12. The van der Waals surface area contributed by atoms with Crippen LogP contribution in [0.3, 0.4) is 0 Å². The zero-order valence-electron chi connectivity index (χ0n) is 14.7. The Balaban J connectivity index is 1.71. The van der Waals surface area contributed by atoms with Gasteiger partial charge in [-0.3, -0.25) is 4.79 Å². The number of hydrogen-bond acceptors (Lipinski definition) is 6. The maximum absolute atomic E-state index is 12.7. The van der Waals surface area contributed by atoms with E-state index >= 15 is 0 Å². The Bertz CT molecular complexity index is 719. The molecule has 1 amide bonds. The molecule has 7 heteroatoms. The van der Waals surface area contributed by atoms with E-state index in [4.69, 9.17) is 8.94 Å². The first-order chi connectivity index (χ1) is 11.4. The Hall–Kier alpha value is -2.18. The minimum absolute atomic E-state index is 0.0837. The van der Waals surface area contributed by atoms with Gasteiger partial charge in [-0.05, 0) is 25.7 Å². The summed E-state index contributed by atoms with van der Waals surface area (Å²) in [5.74, 6) is 2.68. The van der Waals surface area contributed by atoms with Crippen molar-refractivity contribution >= 4 is 5.91 Å². The summed E-state index contributed by atoms with van der Waals surface area (Å²) in [6.07, 6.45) is 2.65. The lowest BCUT2D eigenvalue weighted by Gasteiger charge is -2.30. The monoisotopic (exact) mass is 332 g/mol. The van der Waals surface area contributed by atoms with Crippen molar-refractivity contribution in [3.63, 3.8) is 0 Å². The highest BCUT2D eigenvalue weighted by Crippen LogP contribution is 2.27. The van der Waals surface area contributed by atoms with Crippen LogP contribution in [0.2, 0.25) is 0 Å². The Morgan fingerprint density at radius 2 is 2.12 bits per heavy atom. The summed E-state index contributed by atoms with van der Waals surface area (Å²) in [5.41, 5.74) is 0.636. The molecule has 3 rings (SSSR count). The molecule has 0 saturated carbocycles. The van der Waals surface area contributed by atoms with Crippen LogP contribution in [-0.2, 0) is 6.42 Å². The van der Waals surface area contributed by atoms with Gasteiger partial charge in [-0.15, -0.1) is 0 Å². The van der Waals surface area contributed by atoms with Gasteiger partial charge in [-0.1, -0.05) is 19.0 Å². The van der Waals surface area contributed by atoms with E-state index in [1.54, 1.807) is 18.7 Å². The summed E-state index contributed by atoms with van der Waals surface area (Å²) in [5, 5.41) is 4.06. The van der Waals surface area contributed by atoms with E-state index in [2.05, 4.69) is 29.0 Å². The normalized spacial score (nSPS) is 18.4. The van der Waals surface area contributed by atoms with Crippen molar-refractivity contribution in [1.82, 2.24) is 20.0 Å². The number of amides is 1. The SMILES string of the molecule is Cc1nc(C)c(C(=O)N2CCCC(c3nc(CC(C)C)no3)C2)o1. The first kappa shape index (κ1) is 16.7. The maximum Gasteiger partial charge on any atom is 0.291 e. The highest BCUT2D eigenvalue weighted by Gasteiger charge is 2.31. The van der Waals surface area contributed by atoms with Crippen LogP contribution < -0.4 is 0 Å². The molecule has 0 radical (unpaired) electrons. The third-order valence-electron chi connectivity index (χ3n) is 4.23. The van der Waals surface area contributed by atoms with Gasteiger partial charge in [0.25, 0.3) is 5.91 Å². The summed E-state index contributed by atoms with van der Waals surface area (Å²) < 4.78 is 10.9. The van der Waals surface area contributed by atoms with Crippen LogP contribution >= 0.6 is 0 Å². The van der Waals surface area contributed by atoms with Crippen LogP contribution in [0.5, 0.6) is 0 Å². The molecule has 1 saturated heterocycles. The predicted molar refractivity (Wildman–Crippen MR) is 86.7 cm³/mol. The fourth-order valence-corrected chi connectivity index (χ4v) is 3.12. The lowest BCUT2D eigenvalue weighted by molar-refractivity contribution is 0.0661. The number of oxazole rings is 1. The molecule has 1 aliphatic heterocycles. The Morgan fingerprint density at radius 3 is 2.79 bits per heavy atom. The lowest BCUT2D eigenvalue weighted by Crippen LogP contribution is -2.39. The van der Waals surface area contributed by atoms with Crippen molar-refractivity contribution in [3.05, 3.63) is 29.1 Å². The third-order valence-corrected chi connectivity index (χ3v) is 4.23. The summed E-state index contributed by atoms with van der Waals surface area (Å²) >= 11 is 0. The molecule has 1 unspecified atom stereocenters. The van der Waals surface area contributed by atoms with E-state index in [-0.39, 0.29) is 11.8 Å². The lowest BCUT2D eigenvalue weighted by atomic mass is 9.97. The van der Waals surface area contributed by atoms with Crippen molar-refractivity contribution in [2.45, 2.75) is 52.9 Å². The number of rotatable bonds is 4. The van der Waals surface area contributed by atoms with Gasteiger partial charge in [0.1, 0.15) is 0 Å². The molecule has 1 fully saturated rings. The molecule has 0 aromatic carbocycles. The maximum atomic E-state index is 12.7. The molecular formula is C17H24N4O3. The average molecular weight is 332 g/mol. The number of nitrogens with zero attached hydrogens (tertiary/aromatic N) is 4. The van der Waals surface area contributed by atoms with Gasteiger partial charge in [0.05, 0.1) is 11.6 Å². The largest absolute Gasteiger partial charge is 0.436 e. The minimum Gasteiger partial charge on any atom is -0.436 e. The van der Waals surface area contributed by atoms with Crippen molar-refractivity contribution in [3.8, 4) is 0 Å². The Kier molecular flexibility index (Phi) is 4.69. The second kappa shape index (κ2) is 6.75.